The summed E-state index contributed by atoms with van der Waals surface area (Å²) < 4.78 is 7.46. The molecule has 0 bridgehead atoms. The molecule has 0 aliphatic heterocycles. The molecule has 0 atom stereocenters. The van der Waals surface area contributed by atoms with Crippen LogP contribution in [0, 0.1) is 0 Å². The number of hydrogen-bond acceptors (Lipinski definition) is 5. The molecule has 1 heterocycles. The second-order valence-electron chi connectivity index (χ2n) is 8.28. The molecule has 3 aromatic carbocycles. The van der Waals surface area contributed by atoms with Crippen molar-refractivity contribution in [3.63, 3.8) is 0 Å². The largest absolute Gasteiger partial charge is 0.496 e. The van der Waals surface area contributed by atoms with Gasteiger partial charge in [0.1, 0.15) is 11.6 Å². The van der Waals surface area contributed by atoms with E-state index in [0.717, 1.165) is 63.6 Å². The van der Waals surface area contributed by atoms with Gasteiger partial charge >= 0.3 is 0 Å². The zero-order valence-corrected chi connectivity index (χ0v) is 21.8. The predicted octanol–water partition coefficient (Wildman–Crippen LogP) is 6.25. The van der Waals surface area contributed by atoms with E-state index < -0.39 is 0 Å². The van der Waals surface area contributed by atoms with Crippen LogP contribution in [0.4, 0.5) is 0 Å². The molecule has 4 rings (SSSR count). The van der Waals surface area contributed by atoms with Crippen molar-refractivity contribution >= 4 is 29.3 Å². The summed E-state index contributed by atoms with van der Waals surface area (Å²) in [5, 5.41) is 13.5. The van der Waals surface area contributed by atoms with Gasteiger partial charge in [-0.05, 0) is 48.7 Å². The summed E-state index contributed by atoms with van der Waals surface area (Å²) in [7, 11) is 1.63. The van der Waals surface area contributed by atoms with Gasteiger partial charge in [-0.15, -0.1) is 10.2 Å². The van der Waals surface area contributed by atoms with Gasteiger partial charge in [-0.3, -0.25) is 9.36 Å². The smallest absolute Gasteiger partial charge is 0.220 e. The van der Waals surface area contributed by atoms with Crippen LogP contribution in [0.25, 0.3) is 5.69 Å². The summed E-state index contributed by atoms with van der Waals surface area (Å²) >= 11 is 7.77. The standard InChI is InChI=1S/C28H29ClN4O2S/c1-35-25-15-6-5-11-22(25)19-30-27(34)17-8-7-16-26-31-32-28(33(26)24-13-3-2-4-14-24)36-20-21-10-9-12-23(29)18-21/h2-6,9-15,18H,7-8,16-17,19-20H2,1H3,(H,30,34). The first-order valence-electron chi connectivity index (χ1n) is 11.9. The van der Waals surface area contributed by atoms with Gasteiger partial charge in [-0.25, -0.2) is 0 Å². The lowest BCUT2D eigenvalue weighted by molar-refractivity contribution is -0.121. The number of unbranched alkanes of at least 4 members (excludes halogenated alkanes) is 1. The zero-order valence-electron chi connectivity index (χ0n) is 20.2. The minimum atomic E-state index is 0.0307. The van der Waals surface area contributed by atoms with Gasteiger partial charge in [0, 0.05) is 41.4 Å². The van der Waals surface area contributed by atoms with E-state index in [-0.39, 0.29) is 5.91 Å². The quantitative estimate of drug-likeness (QED) is 0.176. The number of nitrogens with one attached hydrogen (secondary N) is 1. The Balaban J connectivity index is 1.33. The summed E-state index contributed by atoms with van der Waals surface area (Å²) in [5.74, 6) is 2.45. The minimum absolute atomic E-state index is 0.0307. The van der Waals surface area contributed by atoms with Crippen molar-refractivity contribution in [3.05, 3.63) is 101 Å². The fraction of sp³-hybridized carbons (Fsp3) is 0.250. The molecular weight excluding hydrogens is 492 g/mol. The van der Waals surface area contributed by atoms with Crippen molar-refractivity contribution in [1.29, 1.82) is 0 Å². The number of carbonyl (C=O) groups is 1. The lowest BCUT2D eigenvalue weighted by Gasteiger charge is -2.11. The van der Waals surface area contributed by atoms with Crippen molar-refractivity contribution in [2.45, 2.75) is 43.1 Å². The van der Waals surface area contributed by atoms with E-state index in [9.17, 15) is 4.79 Å². The fourth-order valence-corrected chi connectivity index (χ4v) is 4.99. The van der Waals surface area contributed by atoms with Gasteiger partial charge in [-0.1, -0.05) is 71.9 Å². The second-order valence-corrected chi connectivity index (χ2v) is 9.66. The van der Waals surface area contributed by atoms with Crippen LogP contribution < -0.4 is 10.1 Å². The van der Waals surface area contributed by atoms with E-state index >= 15 is 0 Å². The van der Waals surface area contributed by atoms with Crippen LogP contribution in [-0.2, 0) is 23.5 Å². The maximum atomic E-state index is 12.4. The first-order chi connectivity index (χ1) is 17.6. The van der Waals surface area contributed by atoms with Gasteiger partial charge in [0.25, 0.3) is 0 Å². The van der Waals surface area contributed by atoms with Gasteiger partial charge in [-0.2, -0.15) is 0 Å². The maximum absolute atomic E-state index is 12.4. The molecule has 4 aromatic rings. The van der Waals surface area contributed by atoms with E-state index in [1.807, 2.05) is 60.7 Å². The number of nitrogens with zero attached hydrogens (tertiary/aromatic N) is 3. The number of rotatable bonds is 12. The van der Waals surface area contributed by atoms with E-state index in [1.54, 1.807) is 18.9 Å². The number of benzene rings is 3. The number of ether oxygens (including phenoxy) is 1. The summed E-state index contributed by atoms with van der Waals surface area (Å²) in [5.41, 5.74) is 3.13. The van der Waals surface area contributed by atoms with Gasteiger partial charge in [0.2, 0.25) is 5.91 Å². The summed E-state index contributed by atoms with van der Waals surface area (Å²) in [4.78, 5) is 12.4. The Morgan fingerprint density at radius 3 is 2.61 bits per heavy atom. The van der Waals surface area contributed by atoms with Crippen molar-refractivity contribution < 1.29 is 9.53 Å². The third-order valence-corrected chi connectivity index (χ3v) is 6.93. The molecule has 0 aliphatic carbocycles. The van der Waals surface area contributed by atoms with Crippen LogP contribution in [-0.4, -0.2) is 27.8 Å². The third kappa shape index (κ3) is 7.12. The maximum Gasteiger partial charge on any atom is 0.220 e. The molecule has 0 unspecified atom stereocenters. The number of carbonyl (C=O) groups excluding carboxylic acids is 1. The Labute approximate surface area is 221 Å². The van der Waals surface area contributed by atoms with Crippen LogP contribution in [0.1, 0.15) is 36.2 Å². The van der Waals surface area contributed by atoms with Crippen LogP contribution >= 0.6 is 23.4 Å². The highest BCUT2D eigenvalue weighted by Gasteiger charge is 2.15. The molecule has 1 amide bonds. The van der Waals surface area contributed by atoms with Crippen molar-refractivity contribution in [1.82, 2.24) is 20.1 Å². The van der Waals surface area contributed by atoms with Crippen LogP contribution in [0.3, 0.4) is 0 Å². The summed E-state index contributed by atoms with van der Waals surface area (Å²) in [6, 6.07) is 25.7. The van der Waals surface area contributed by atoms with Crippen molar-refractivity contribution in [2.24, 2.45) is 0 Å². The van der Waals surface area contributed by atoms with E-state index in [2.05, 4.69) is 38.3 Å². The first-order valence-corrected chi connectivity index (χ1v) is 13.3. The Bertz CT molecular complexity index is 1280. The SMILES string of the molecule is COc1ccccc1CNC(=O)CCCCc1nnc(SCc2cccc(Cl)c2)n1-c1ccccc1. The molecule has 0 fully saturated rings. The first kappa shape index (κ1) is 25.8. The van der Waals surface area contributed by atoms with E-state index in [4.69, 9.17) is 16.3 Å². The van der Waals surface area contributed by atoms with Crippen LogP contribution in [0.2, 0.25) is 5.02 Å². The molecule has 1 aromatic heterocycles. The second kappa shape index (κ2) is 13.1. The Kier molecular flexibility index (Phi) is 9.41. The van der Waals surface area contributed by atoms with Crippen LogP contribution in [0.15, 0.2) is 84.0 Å². The number of halogens is 1. The molecule has 36 heavy (non-hydrogen) atoms. The number of methoxy groups -OCH3 is 1. The Morgan fingerprint density at radius 1 is 1.00 bits per heavy atom. The van der Waals surface area contributed by atoms with Gasteiger partial charge in [0.05, 0.1) is 7.11 Å². The molecule has 186 valence electrons. The molecule has 6 nitrogen and oxygen atoms in total. The fourth-order valence-electron chi connectivity index (χ4n) is 3.87. The van der Waals surface area contributed by atoms with Crippen LogP contribution in [0.5, 0.6) is 5.75 Å². The molecule has 0 saturated carbocycles. The molecule has 0 saturated heterocycles. The lowest BCUT2D eigenvalue weighted by atomic mass is 10.1. The molecule has 0 radical (unpaired) electrons. The highest BCUT2D eigenvalue weighted by Crippen LogP contribution is 2.27. The van der Waals surface area contributed by atoms with E-state index in [0.29, 0.717) is 13.0 Å². The predicted molar refractivity (Wildman–Crippen MR) is 145 cm³/mol. The molecule has 0 spiro atoms. The Hall–Kier alpha value is -3.29. The molecular formula is C28H29ClN4O2S. The lowest BCUT2D eigenvalue weighted by Crippen LogP contribution is -2.22. The summed E-state index contributed by atoms with van der Waals surface area (Å²) in [6.07, 6.45) is 2.81. The molecule has 0 aliphatic rings. The van der Waals surface area contributed by atoms with E-state index in [1.165, 1.54) is 0 Å². The summed E-state index contributed by atoms with van der Waals surface area (Å²) in [6.45, 7) is 0.457. The van der Waals surface area contributed by atoms with Gasteiger partial charge in [0.15, 0.2) is 5.16 Å². The monoisotopic (exact) mass is 520 g/mol. The third-order valence-electron chi connectivity index (χ3n) is 5.69. The van der Waals surface area contributed by atoms with Gasteiger partial charge < -0.3 is 10.1 Å². The molecule has 8 heteroatoms. The normalized spacial score (nSPS) is 10.8. The minimum Gasteiger partial charge on any atom is -0.496 e. The van der Waals surface area contributed by atoms with Crippen molar-refractivity contribution in [2.75, 3.05) is 7.11 Å². The number of amides is 1. The van der Waals surface area contributed by atoms with Crippen molar-refractivity contribution in [3.8, 4) is 11.4 Å². The zero-order chi connectivity index (χ0) is 25.2. The highest BCUT2D eigenvalue weighted by atomic mass is 35.5. The average Bonchev–Trinajstić information content (AvgIpc) is 3.32. The number of thioether (sulfide) groups is 1. The Morgan fingerprint density at radius 2 is 1.81 bits per heavy atom. The molecule has 1 N–H and O–H groups in total. The number of aryl methyl sites for hydroxylation is 1. The number of para-hydroxylation sites is 2. The number of aromatic nitrogens is 3. The number of hydrogen-bond donors (Lipinski definition) is 1. The average molecular weight is 521 g/mol. The highest BCUT2D eigenvalue weighted by molar-refractivity contribution is 7.98. The topological polar surface area (TPSA) is 69.0 Å².